The molecule has 1 aromatic rings. The largest absolute Gasteiger partial charge is 0.496 e. The molecule has 13 heavy (non-hydrogen) atoms. The minimum atomic E-state index is 0.422. The molecule has 0 amide bonds. The fourth-order valence-corrected chi connectivity index (χ4v) is 1.58. The minimum absolute atomic E-state index is 0.422. The van der Waals surface area contributed by atoms with Gasteiger partial charge in [0.05, 0.1) is 7.11 Å². The van der Waals surface area contributed by atoms with Gasteiger partial charge in [-0.05, 0) is 19.4 Å². The van der Waals surface area contributed by atoms with Gasteiger partial charge in [0.15, 0.2) is 0 Å². The highest BCUT2D eigenvalue weighted by Gasteiger charge is 2.06. The molecule has 70 valence electrons. The van der Waals surface area contributed by atoms with Crippen molar-refractivity contribution in [3.8, 4) is 5.75 Å². The third-order valence-electron chi connectivity index (χ3n) is 2.00. The van der Waals surface area contributed by atoms with Gasteiger partial charge in [-0.3, -0.25) is 0 Å². The molecule has 0 aliphatic heterocycles. The number of carbonyl (C=O) groups excluding carboxylic acids is 1. The average Bonchev–Trinajstić information content (AvgIpc) is 2.04. The van der Waals surface area contributed by atoms with Gasteiger partial charge >= 0.3 is 0 Å². The maximum atomic E-state index is 10.4. The lowest BCUT2D eigenvalue weighted by Crippen LogP contribution is -1.96. The van der Waals surface area contributed by atoms with Crippen molar-refractivity contribution in [1.82, 2.24) is 0 Å². The smallest absolute Gasteiger partial charge is 0.125 e. The van der Waals surface area contributed by atoms with Crippen molar-refractivity contribution in [2.45, 2.75) is 20.3 Å². The Labute approximate surface area is 78.5 Å². The molecule has 0 saturated heterocycles. The predicted molar refractivity (Wildman–Crippen MR) is 52.2 cm³/mol. The number of hydrogen-bond acceptors (Lipinski definition) is 2. The first kappa shape index (κ1) is 9.78. The molecule has 0 saturated carbocycles. The Morgan fingerprint density at radius 1 is 1.38 bits per heavy atom. The number of rotatable bonds is 3. The average molecular weight is 178 g/mol. The van der Waals surface area contributed by atoms with Crippen molar-refractivity contribution < 1.29 is 9.53 Å². The van der Waals surface area contributed by atoms with Crippen molar-refractivity contribution >= 4 is 6.29 Å². The minimum Gasteiger partial charge on any atom is -0.496 e. The predicted octanol–water partition coefficient (Wildman–Crippen LogP) is 2.05. The van der Waals surface area contributed by atoms with E-state index < -0.39 is 0 Å². The Morgan fingerprint density at radius 3 is 2.62 bits per heavy atom. The van der Waals surface area contributed by atoms with Crippen LogP contribution in [-0.4, -0.2) is 13.4 Å². The van der Waals surface area contributed by atoms with Crippen LogP contribution in [0.25, 0.3) is 0 Å². The summed E-state index contributed by atoms with van der Waals surface area (Å²) < 4.78 is 5.22. The molecule has 2 heteroatoms. The summed E-state index contributed by atoms with van der Waals surface area (Å²) in [5.74, 6) is 0.831. The van der Waals surface area contributed by atoms with Gasteiger partial charge in [0.2, 0.25) is 0 Å². The van der Waals surface area contributed by atoms with E-state index in [-0.39, 0.29) is 0 Å². The Hall–Kier alpha value is -1.31. The summed E-state index contributed by atoms with van der Waals surface area (Å²) in [6, 6.07) is 4.04. The summed E-state index contributed by atoms with van der Waals surface area (Å²) >= 11 is 0. The lowest BCUT2D eigenvalue weighted by Gasteiger charge is -2.10. The first-order valence-corrected chi connectivity index (χ1v) is 4.26. The highest BCUT2D eigenvalue weighted by atomic mass is 16.5. The monoisotopic (exact) mass is 178 g/mol. The highest BCUT2D eigenvalue weighted by Crippen LogP contribution is 2.24. The first-order chi connectivity index (χ1) is 6.19. The maximum Gasteiger partial charge on any atom is 0.125 e. The molecule has 0 N–H and O–H groups in total. The number of ether oxygens (including phenoxy) is 1. The summed E-state index contributed by atoms with van der Waals surface area (Å²) in [7, 11) is 1.63. The third kappa shape index (κ3) is 2.08. The first-order valence-electron chi connectivity index (χ1n) is 4.26. The molecule has 1 rings (SSSR count). The number of carbonyl (C=O) groups is 1. The van der Waals surface area contributed by atoms with Crippen molar-refractivity contribution in [1.29, 1.82) is 0 Å². The van der Waals surface area contributed by atoms with Crippen LogP contribution in [0.4, 0.5) is 0 Å². The standard InChI is InChI=1S/C11H14O2/c1-8-6-9(2)11(13-3)10(7-8)4-5-12/h5-7H,4H2,1-3H3. The molecule has 0 atom stereocenters. The molecule has 0 aliphatic rings. The third-order valence-corrected chi connectivity index (χ3v) is 2.00. The van der Waals surface area contributed by atoms with E-state index in [4.69, 9.17) is 4.74 Å². The van der Waals surface area contributed by atoms with E-state index in [2.05, 4.69) is 0 Å². The summed E-state index contributed by atoms with van der Waals surface area (Å²) in [4.78, 5) is 10.4. The lowest BCUT2D eigenvalue weighted by molar-refractivity contribution is -0.107. The second kappa shape index (κ2) is 4.08. The Balaban J connectivity index is 3.20. The number of aryl methyl sites for hydroxylation is 2. The van der Waals surface area contributed by atoms with Gasteiger partial charge in [0.25, 0.3) is 0 Å². The van der Waals surface area contributed by atoms with E-state index in [1.807, 2.05) is 26.0 Å². The number of aldehydes is 1. The van der Waals surface area contributed by atoms with Crippen LogP contribution in [0.15, 0.2) is 12.1 Å². The summed E-state index contributed by atoms with van der Waals surface area (Å²) in [6.45, 7) is 4.00. The van der Waals surface area contributed by atoms with E-state index in [1.165, 1.54) is 0 Å². The second-order valence-corrected chi connectivity index (χ2v) is 3.14. The van der Waals surface area contributed by atoms with E-state index in [1.54, 1.807) is 7.11 Å². The number of methoxy groups -OCH3 is 1. The Morgan fingerprint density at radius 2 is 2.08 bits per heavy atom. The van der Waals surface area contributed by atoms with Crippen molar-refractivity contribution in [2.24, 2.45) is 0 Å². The van der Waals surface area contributed by atoms with Gasteiger partial charge < -0.3 is 9.53 Å². The van der Waals surface area contributed by atoms with E-state index in [0.29, 0.717) is 6.42 Å². The Kier molecular flexibility index (Phi) is 3.07. The van der Waals surface area contributed by atoms with Crippen molar-refractivity contribution in [3.05, 3.63) is 28.8 Å². The molecule has 1 aromatic carbocycles. The van der Waals surface area contributed by atoms with E-state index in [9.17, 15) is 4.79 Å². The normalized spacial score (nSPS) is 9.77. The van der Waals surface area contributed by atoms with Crippen LogP contribution in [0.1, 0.15) is 16.7 Å². The summed E-state index contributed by atoms with van der Waals surface area (Å²) in [6.07, 6.45) is 1.32. The fourth-order valence-electron chi connectivity index (χ4n) is 1.58. The summed E-state index contributed by atoms with van der Waals surface area (Å²) in [5, 5.41) is 0. The van der Waals surface area contributed by atoms with Crippen LogP contribution in [-0.2, 0) is 11.2 Å². The van der Waals surface area contributed by atoms with E-state index in [0.717, 1.165) is 28.7 Å². The van der Waals surface area contributed by atoms with Crippen molar-refractivity contribution in [2.75, 3.05) is 7.11 Å². The van der Waals surface area contributed by atoms with Gasteiger partial charge in [0.1, 0.15) is 12.0 Å². The van der Waals surface area contributed by atoms with Gasteiger partial charge in [-0.15, -0.1) is 0 Å². The number of hydrogen-bond donors (Lipinski definition) is 0. The van der Waals surface area contributed by atoms with Crippen LogP contribution in [0.5, 0.6) is 5.75 Å². The SMILES string of the molecule is COc1c(C)cc(C)cc1CC=O. The van der Waals surface area contributed by atoms with Crippen molar-refractivity contribution in [3.63, 3.8) is 0 Å². The maximum absolute atomic E-state index is 10.4. The lowest BCUT2D eigenvalue weighted by atomic mass is 10.0. The van der Waals surface area contributed by atoms with Crippen LogP contribution >= 0.6 is 0 Å². The molecule has 0 unspecified atom stereocenters. The molecule has 0 aliphatic carbocycles. The summed E-state index contributed by atoms with van der Waals surface area (Å²) in [5.41, 5.74) is 3.21. The van der Waals surface area contributed by atoms with Gasteiger partial charge in [0, 0.05) is 12.0 Å². The molecule has 0 radical (unpaired) electrons. The molecular formula is C11H14O2. The van der Waals surface area contributed by atoms with Crippen LogP contribution in [0.3, 0.4) is 0 Å². The zero-order chi connectivity index (χ0) is 9.84. The van der Waals surface area contributed by atoms with Crippen LogP contribution in [0, 0.1) is 13.8 Å². The highest BCUT2D eigenvalue weighted by molar-refractivity contribution is 5.59. The zero-order valence-electron chi connectivity index (χ0n) is 8.26. The Bertz CT molecular complexity index is 316. The molecule has 0 fully saturated rings. The van der Waals surface area contributed by atoms with Crippen LogP contribution in [0.2, 0.25) is 0 Å². The number of benzene rings is 1. The second-order valence-electron chi connectivity index (χ2n) is 3.14. The molecular weight excluding hydrogens is 164 g/mol. The molecule has 0 aromatic heterocycles. The van der Waals surface area contributed by atoms with Crippen LogP contribution < -0.4 is 4.74 Å². The topological polar surface area (TPSA) is 26.3 Å². The molecule has 0 bridgehead atoms. The molecule has 2 nitrogen and oxygen atoms in total. The zero-order valence-corrected chi connectivity index (χ0v) is 8.26. The van der Waals surface area contributed by atoms with E-state index >= 15 is 0 Å². The van der Waals surface area contributed by atoms with Gasteiger partial charge in [-0.1, -0.05) is 17.7 Å². The quantitative estimate of drug-likeness (QED) is 0.662. The molecule has 0 heterocycles. The van der Waals surface area contributed by atoms with Gasteiger partial charge in [-0.2, -0.15) is 0 Å². The van der Waals surface area contributed by atoms with Gasteiger partial charge in [-0.25, -0.2) is 0 Å². The molecule has 0 spiro atoms. The fraction of sp³-hybridized carbons (Fsp3) is 0.364.